The molecular formula is C17H19N3O4. The van der Waals surface area contributed by atoms with Gasteiger partial charge in [-0.2, -0.15) is 0 Å². The third kappa shape index (κ3) is 1.91. The van der Waals surface area contributed by atoms with Gasteiger partial charge in [0.1, 0.15) is 0 Å². The van der Waals surface area contributed by atoms with E-state index in [2.05, 4.69) is 15.5 Å². The molecule has 0 radical (unpaired) electrons. The molecule has 1 aromatic rings. The summed E-state index contributed by atoms with van der Waals surface area (Å²) in [5.41, 5.74) is 0.573. The second kappa shape index (κ2) is 5.04. The van der Waals surface area contributed by atoms with E-state index in [1.807, 2.05) is 38.1 Å². The number of urea groups is 1. The Morgan fingerprint density at radius 3 is 2.50 bits per heavy atom. The first-order chi connectivity index (χ1) is 11.4. The zero-order valence-electron chi connectivity index (χ0n) is 13.5. The highest BCUT2D eigenvalue weighted by molar-refractivity contribution is 6.20. The predicted octanol–water partition coefficient (Wildman–Crippen LogP) is 0.577. The lowest BCUT2D eigenvalue weighted by Crippen LogP contribution is -2.75. The molecular weight excluding hydrogens is 310 g/mol. The maximum Gasteiger partial charge on any atom is 0.328 e. The van der Waals surface area contributed by atoms with Crippen LogP contribution in [-0.2, 0) is 20.7 Å². The van der Waals surface area contributed by atoms with E-state index in [4.69, 9.17) is 4.74 Å². The Morgan fingerprint density at radius 1 is 1.12 bits per heavy atom. The van der Waals surface area contributed by atoms with Gasteiger partial charge in [0.15, 0.2) is 5.41 Å². The number of hydrogen-bond acceptors (Lipinski definition) is 5. The van der Waals surface area contributed by atoms with Crippen LogP contribution in [0.2, 0.25) is 0 Å². The lowest BCUT2D eigenvalue weighted by molar-refractivity contribution is -0.153. The Balaban J connectivity index is 1.91. The van der Waals surface area contributed by atoms with Crippen molar-refractivity contribution < 1.29 is 19.1 Å². The number of nitrogens with one attached hydrogen (secondary N) is 2. The number of fused-ring (bicyclic) bond motifs is 4. The molecule has 0 aliphatic carbocycles. The molecule has 0 unspecified atom stereocenters. The van der Waals surface area contributed by atoms with Crippen LogP contribution < -0.4 is 15.5 Å². The second-order valence-electron chi connectivity index (χ2n) is 6.76. The van der Waals surface area contributed by atoms with Crippen molar-refractivity contribution in [1.29, 1.82) is 0 Å². The molecule has 3 atom stereocenters. The molecule has 24 heavy (non-hydrogen) atoms. The SMILES string of the molecule is C[C@@H]1CN2c3ccccc3CC3(C(=O)NC(=O)NC3=O)[C@H]2[C@H](C)O1. The Bertz CT molecular complexity index is 727. The molecule has 2 N–H and O–H groups in total. The molecule has 1 spiro atoms. The summed E-state index contributed by atoms with van der Waals surface area (Å²) in [7, 11) is 0. The van der Waals surface area contributed by atoms with E-state index in [1.165, 1.54) is 0 Å². The van der Waals surface area contributed by atoms with E-state index in [-0.39, 0.29) is 18.6 Å². The van der Waals surface area contributed by atoms with Crippen LogP contribution in [0.15, 0.2) is 24.3 Å². The number of carbonyl (C=O) groups is 3. The Hall–Kier alpha value is -2.41. The van der Waals surface area contributed by atoms with E-state index in [1.54, 1.807) is 0 Å². The van der Waals surface area contributed by atoms with Crippen LogP contribution in [-0.4, -0.2) is 42.6 Å². The smallest absolute Gasteiger partial charge is 0.328 e. The average molecular weight is 329 g/mol. The lowest BCUT2D eigenvalue weighted by Gasteiger charge is -2.55. The number of carbonyl (C=O) groups excluding carboxylic acids is 3. The van der Waals surface area contributed by atoms with Crippen LogP contribution in [0.4, 0.5) is 10.5 Å². The van der Waals surface area contributed by atoms with Gasteiger partial charge in [0.25, 0.3) is 0 Å². The van der Waals surface area contributed by atoms with E-state index in [0.717, 1.165) is 11.3 Å². The van der Waals surface area contributed by atoms with Crippen molar-refractivity contribution in [3.05, 3.63) is 29.8 Å². The predicted molar refractivity (Wildman–Crippen MR) is 85.4 cm³/mol. The van der Waals surface area contributed by atoms with Gasteiger partial charge in [-0.05, 0) is 31.9 Å². The van der Waals surface area contributed by atoms with Crippen LogP contribution in [0.3, 0.4) is 0 Å². The normalized spacial score (nSPS) is 31.2. The highest BCUT2D eigenvalue weighted by Crippen LogP contribution is 2.46. The maximum absolute atomic E-state index is 12.8. The Kier molecular flexibility index (Phi) is 3.18. The van der Waals surface area contributed by atoms with Crippen LogP contribution in [0.5, 0.6) is 0 Å². The van der Waals surface area contributed by atoms with Crippen molar-refractivity contribution >= 4 is 23.5 Å². The third-order valence-corrected chi connectivity index (χ3v) is 5.22. The number of morpholine rings is 1. The summed E-state index contributed by atoms with van der Waals surface area (Å²) in [6.45, 7) is 4.43. The van der Waals surface area contributed by atoms with Crippen molar-refractivity contribution in [3.63, 3.8) is 0 Å². The lowest BCUT2D eigenvalue weighted by atomic mass is 9.66. The summed E-state index contributed by atoms with van der Waals surface area (Å²) in [6.07, 6.45) is -0.0974. The molecule has 4 rings (SSSR count). The van der Waals surface area contributed by atoms with Gasteiger partial charge < -0.3 is 9.64 Å². The van der Waals surface area contributed by atoms with Crippen molar-refractivity contribution in [2.24, 2.45) is 5.41 Å². The molecule has 0 aromatic heterocycles. The van der Waals surface area contributed by atoms with E-state index < -0.39 is 29.3 Å². The van der Waals surface area contributed by atoms with Crippen LogP contribution in [0.1, 0.15) is 19.4 Å². The maximum atomic E-state index is 12.8. The third-order valence-electron chi connectivity index (χ3n) is 5.22. The topological polar surface area (TPSA) is 87.7 Å². The zero-order chi connectivity index (χ0) is 17.1. The molecule has 3 heterocycles. The van der Waals surface area contributed by atoms with Crippen molar-refractivity contribution in [3.8, 4) is 0 Å². The van der Waals surface area contributed by atoms with Gasteiger partial charge in [-0.15, -0.1) is 0 Å². The molecule has 0 saturated carbocycles. The van der Waals surface area contributed by atoms with Gasteiger partial charge in [-0.25, -0.2) is 4.79 Å². The van der Waals surface area contributed by atoms with E-state index >= 15 is 0 Å². The van der Waals surface area contributed by atoms with Crippen LogP contribution >= 0.6 is 0 Å². The molecule has 2 fully saturated rings. The van der Waals surface area contributed by atoms with Crippen molar-refractivity contribution in [2.45, 2.75) is 38.5 Å². The minimum atomic E-state index is -1.37. The fraction of sp³-hybridized carbons (Fsp3) is 0.471. The first-order valence-electron chi connectivity index (χ1n) is 8.10. The number of benzene rings is 1. The quantitative estimate of drug-likeness (QED) is 0.680. The highest BCUT2D eigenvalue weighted by atomic mass is 16.5. The summed E-state index contributed by atoms with van der Waals surface area (Å²) in [5, 5.41) is 4.55. The Labute approximate surface area is 139 Å². The summed E-state index contributed by atoms with van der Waals surface area (Å²) >= 11 is 0. The minimum Gasteiger partial charge on any atom is -0.372 e. The molecule has 7 heteroatoms. The first-order valence-corrected chi connectivity index (χ1v) is 8.10. The number of imide groups is 2. The highest BCUT2D eigenvalue weighted by Gasteiger charge is 2.62. The summed E-state index contributed by atoms with van der Waals surface area (Å²) < 4.78 is 5.94. The van der Waals surface area contributed by atoms with Crippen LogP contribution in [0, 0.1) is 5.41 Å². The fourth-order valence-corrected chi connectivity index (χ4v) is 4.38. The molecule has 3 aliphatic heterocycles. The van der Waals surface area contributed by atoms with Crippen molar-refractivity contribution in [2.75, 3.05) is 11.4 Å². The summed E-state index contributed by atoms with van der Waals surface area (Å²) in [4.78, 5) is 39.2. The summed E-state index contributed by atoms with van der Waals surface area (Å²) in [6, 6.07) is 6.54. The molecule has 1 aromatic carbocycles. The van der Waals surface area contributed by atoms with Gasteiger partial charge in [-0.3, -0.25) is 20.2 Å². The molecule has 7 nitrogen and oxygen atoms in total. The molecule has 0 bridgehead atoms. The second-order valence-corrected chi connectivity index (χ2v) is 6.76. The number of hydrogen-bond donors (Lipinski definition) is 2. The van der Waals surface area contributed by atoms with Gasteiger partial charge in [-0.1, -0.05) is 18.2 Å². The van der Waals surface area contributed by atoms with Gasteiger partial charge >= 0.3 is 6.03 Å². The monoisotopic (exact) mass is 329 g/mol. The number of barbiturate groups is 1. The number of rotatable bonds is 0. The molecule has 2 saturated heterocycles. The first kappa shape index (κ1) is 15.1. The number of nitrogens with zero attached hydrogens (tertiary/aromatic N) is 1. The largest absolute Gasteiger partial charge is 0.372 e. The van der Waals surface area contributed by atoms with E-state index in [0.29, 0.717) is 6.54 Å². The zero-order valence-corrected chi connectivity index (χ0v) is 13.5. The standard InChI is InChI=1S/C17H19N3O4/c1-9-8-20-12-6-4-3-5-11(12)7-17(13(20)10(2)24-9)14(21)18-16(23)19-15(17)22/h3-6,9-10,13H,7-8H2,1-2H3,(H2,18,19,21,22,23)/t9-,10+,13-/m1/s1. The average Bonchev–Trinajstić information content (AvgIpc) is 2.52. The number of amides is 4. The number of anilines is 1. The molecule has 4 amide bonds. The molecule has 126 valence electrons. The van der Waals surface area contributed by atoms with Gasteiger partial charge in [0.2, 0.25) is 11.8 Å². The number of ether oxygens (including phenoxy) is 1. The van der Waals surface area contributed by atoms with Gasteiger partial charge in [0.05, 0.1) is 18.2 Å². The van der Waals surface area contributed by atoms with Crippen LogP contribution in [0.25, 0.3) is 0 Å². The van der Waals surface area contributed by atoms with Gasteiger partial charge in [0, 0.05) is 12.2 Å². The van der Waals surface area contributed by atoms with Crippen molar-refractivity contribution in [1.82, 2.24) is 10.6 Å². The number of para-hydroxylation sites is 1. The minimum absolute atomic E-state index is 0.0178. The molecule has 3 aliphatic rings. The Morgan fingerprint density at radius 2 is 1.79 bits per heavy atom. The summed E-state index contributed by atoms with van der Waals surface area (Å²) in [5.74, 6) is -1.10. The fourth-order valence-electron chi connectivity index (χ4n) is 4.38. The van der Waals surface area contributed by atoms with E-state index in [9.17, 15) is 14.4 Å².